The van der Waals surface area contributed by atoms with Crippen molar-refractivity contribution in [1.82, 2.24) is 15.5 Å². The van der Waals surface area contributed by atoms with Gasteiger partial charge in [-0.3, -0.25) is 9.69 Å². The molecule has 2 aromatic carbocycles. The number of rotatable bonds is 10. The Bertz CT molecular complexity index is 795. The van der Waals surface area contributed by atoms with Gasteiger partial charge in [0, 0.05) is 26.1 Å². The van der Waals surface area contributed by atoms with Gasteiger partial charge in [0.25, 0.3) is 0 Å². The number of carbonyl (C=O) groups is 2. The zero-order valence-electron chi connectivity index (χ0n) is 17.8. The number of hydrogen-bond donors (Lipinski definition) is 2. The van der Waals surface area contributed by atoms with Gasteiger partial charge in [0.05, 0.1) is 13.2 Å². The van der Waals surface area contributed by atoms with E-state index in [0.717, 1.165) is 50.4 Å². The highest BCUT2D eigenvalue weighted by Gasteiger charge is 2.22. The maximum absolute atomic E-state index is 12.8. The summed E-state index contributed by atoms with van der Waals surface area (Å²) in [7, 11) is 0. The number of nitrogens with zero attached hydrogens (tertiary/aromatic N) is 1. The van der Waals surface area contributed by atoms with Crippen molar-refractivity contribution in [2.75, 3.05) is 39.4 Å². The average molecular weight is 426 g/mol. The first-order valence-electron chi connectivity index (χ1n) is 10.8. The monoisotopic (exact) mass is 425 g/mol. The van der Waals surface area contributed by atoms with Crippen LogP contribution in [-0.2, 0) is 27.3 Å². The number of morpholine rings is 1. The van der Waals surface area contributed by atoms with Crippen LogP contribution >= 0.6 is 0 Å². The van der Waals surface area contributed by atoms with Gasteiger partial charge in [-0.25, -0.2) is 4.79 Å². The summed E-state index contributed by atoms with van der Waals surface area (Å²) in [5.41, 5.74) is 1.86. The van der Waals surface area contributed by atoms with E-state index in [2.05, 4.69) is 15.5 Å². The lowest BCUT2D eigenvalue weighted by atomic mass is 10.1. The highest BCUT2D eigenvalue weighted by Crippen LogP contribution is 2.06. The number of amides is 2. The van der Waals surface area contributed by atoms with E-state index in [-0.39, 0.29) is 12.5 Å². The van der Waals surface area contributed by atoms with E-state index < -0.39 is 12.1 Å². The lowest BCUT2D eigenvalue weighted by molar-refractivity contribution is -0.123. The third-order valence-corrected chi connectivity index (χ3v) is 5.16. The molecule has 1 aliphatic heterocycles. The molecule has 0 saturated carbocycles. The summed E-state index contributed by atoms with van der Waals surface area (Å²) in [6.45, 7) is 5.02. The Morgan fingerprint density at radius 2 is 1.61 bits per heavy atom. The normalized spacial score (nSPS) is 15.1. The van der Waals surface area contributed by atoms with Crippen LogP contribution in [0.3, 0.4) is 0 Å². The smallest absolute Gasteiger partial charge is 0.408 e. The van der Waals surface area contributed by atoms with Crippen LogP contribution in [0.25, 0.3) is 0 Å². The molecule has 1 heterocycles. The van der Waals surface area contributed by atoms with E-state index in [1.54, 1.807) is 0 Å². The van der Waals surface area contributed by atoms with Crippen LogP contribution in [-0.4, -0.2) is 62.3 Å². The van der Waals surface area contributed by atoms with Crippen LogP contribution in [0.4, 0.5) is 4.79 Å². The molecule has 3 rings (SSSR count). The van der Waals surface area contributed by atoms with Gasteiger partial charge in [-0.2, -0.15) is 0 Å². The fourth-order valence-electron chi connectivity index (χ4n) is 3.43. The molecule has 166 valence electrons. The SMILES string of the molecule is O=C(N[C@@H](Cc1ccccc1)C(=O)NCCCN1CCOCC1)OCc1ccccc1. The van der Waals surface area contributed by atoms with Crippen LogP contribution in [0.1, 0.15) is 17.5 Å². The molecule has 7 heteroatoms. The largest absolute Gasteiger partial charge is 0.445 e. The van der Waals surface area contributed by atoms with Crippen molar-refractivity contribution >= 4 is 12.0 Å². The summed E-state index contributed by atoms with van der Waals surface area (Å²) >= 11 is 0. The molecule has 0 aromatic heterocycles. The van der Waals surface area contributed by atoms with E-state index >= 15 is 0 Å². The number of alkyl carbamates (subject to hydrolysis) is 1. The van der Waals surface area contributed by atoms with E-state index in [9.17, 15) is 9.59 Å². The number of benzene rings is 2. The van der Waals surface area contributed by atoms with Crippen molar-refractivity contribution in [2.24, 2.45) is 0 Å². The summed E-state index contributed by atoms with van der Waals surface area (Å²) < 4.78 is 10.7. The lowest BCUT2D eigenvalue weighted by Crippen LogP contribution is -2.48. The van der Waals surface area contributed by atoms with Crippen LogP contribution in [0.2, 0.25) is 0 Å². The Morgan fingerprint density at radius 3 is 2.29 bits per heavy atom. The molecule has 0 aliphatic carbocycles. The first-order valence-corrected chi connectivity index (χ1v) is 10.8. The molecule has 1 saturated heterocycles. The molecule has 0 unspecified atom stereocenters. The highest BCUT2D eigenvalue weighted by molar-refractivity contribution is 5.85. The third kappa shape index (κ3) is 8.39. The molecule has 2 amide bonds. The first kappa shape index (κ1) is 22.8. The number of nitrogens with one attached hydrogen (secondary N) is 2. The average Bonchev–Trinajstić information content (AvgIpc) is 2.82. The van der Waals surface area contributed by atoms with Crippen molar-refractivity contribution < 1.29 is 19.1 Å². The van der Waals surface area contributed by atoms with Gasteiger partial charge in [0.15, 0.2) is 0 Å². The molecule has 1 fully saturated rings. The molecule has 7 nitrogen and oxygen atoms in total. The van der Waals surface area contributed by atoms with Crippen molar-refractivity contribution in [3.63, 3.8) is 0 Å². The van der Waals surface area contributed by atoms with Gasteiger partial charge in [0.1, 0.15) is 12.6 Å². The molecule has 0 bridgehead atoms. The fourth-order valence-corrected chi connectivity index (χ4v) is 3.43. The zero-order valence-corrected chi connectivity index (χ0v) is 17.8. The minimum Gasteiger partial charge on any atom is -0.445 e. The van der Waals surface area contributed by atoms with E-state index in [4.69, 9.17) is 9.47 Å². The topological polar surface area (TPSA) is 79.9 Å². The zero-order chi connectivity index (χ0) is 21.7. The molecule has 31 heavy (non-hydrogen) atoms. The predicted octanol–water partition coefficient (Wildman–Crippen LogP) is 2.36. The second kappa shape index (κ2) is 12.7. The molecule has 2 N–H and O–H groups in total. The Labute approximate surface area is 183 Å². The van der Waals surface area contributed by atoms with Crippen molar-refractivity contribution in [3.05, 3.63) is 71.8 Å². The standard InChI is InChI=1S/C24H31N3O4/c28-23(25-12-7-13-27-14-16-30-17-15-27)22(18-20-8-3-1-4-9-20)26-24(29)31-19-21-10-5-2-6-11-21/h1-6,8-11,22H,7,12-19H2,(H,25,28)(H,26,29)/t22-/m0/s1. The van der Waals surface area contributed by atoms with Gasteiger partial charge in [-0.05, 0) is 24.1 Å². The molecule has 2 aromatic rings. The molecular formula is C24H31N3O4. The van der Waals surface area contributed by atoms with E-state index in [1.165, 1.54) is 0 Å². The quantitative estimate of drug-likeness (QED) is 0.572. The van der Waals surface area contributed by atoms with E-state index in [0.29, 0.717) is 13.0 Å². The molecule has 1 atom stereocenters. The summed E-state index contributed by atoms with van der Waals surface area (Å²) in [5.74, 6) is -0.206. The van der Waals surface area contributed by atoms with Gasteiger partial charge in [-0.1, -0.05) is 60.7 Å². The maximum atomic E-state index is 12.8. The summed E-state index contributed by atoms with van der Waals surface area (Å²) in [4.78, 5) is 27.4. The Morgan fingerprint density at radius 1 is 0.968 bits per heavy atom. The highest BCUT2D eigenvalue weighted by atomic mass is 16.5. The number of ether oxygens (including phenoxy) is 2. The van der Waals surface area contributed by atoms with Crippen LogP contribution in [0.5, 0.6) is 0 Å². The van der Waals surface area contributed by atoms with Crippen LogP contribution < -0.4 is 10.6 Å². The Hall–Kier alpha value is -2.90. The lowest BCUT2D eigenvalue weighted by Gasteiger charge is -2.26. The maximum Gasteiger partial charge on any atom is 0.408 e. The van der Waals surface area contributed by atoms with Crippen LogP contribution in [0, 0.1) is 0 Å². The first-order chi connectivity index (χ1) is 15.2. The second-order valence-corrected chi connectivity index (χ2v) is 7.55. The number of carbonyl (C=O) groups excluding carboxylic acids is 2. The number of hydrogen-bond acceptors (Lipinski definition) is 5. The Balaban J connectivity index is 1.48. The van der Waals surface area contributed by atoms with Crippen molar-refractivity contribution in [2.45, 2.75) is 25.5 Å². The molecular weight excluding hydrogens is 394 g/mol. The van der Waals surface area contributed by atoms with E-state index in [1.807, 2.05) is 60.7 Å². The van der Waals surface area contributed by atoms with Crippen LogP contribution in [0.15, 0.2) is 60.7 Å². The van der Waals surface area contributed by atoms with Gasteiger partial charge in [0.2, 0.25) is 5.91 Å². The summed E-state index contributed by atoms with van der Waals surface area (Å²) in [5, 5.41) is 5.68. The van der Waals surface area contributed by atoms with Gasteiger partial charge < -0.3 is 20.1 Å². The second-order valence-electron chi connectivity index (χ2n) is 7.55. The van der Waals surface area contributed by atoms with Gasteiger partial charge in [-0.15, -0.1) is 0 Å². The molecule has 0 spiro atoms. The Kier molecular flexibility index (Phi) is 9.34. The summed E-state index contributed by atoms with van der Waals surface area (Å²) in [6, 6.07) is 18.4. The van der Waals surface area contributed by atoms with Crippen molar-refractivity contribution in [1.29, 1.82) is 0 Å². The fraction of sp³-hybridized carbons (Fsp3) is 0.417. The van der Waals surface area contributed by atoms with Crippen molar-refractivity contribution in [3.8, 4) is 0 Å². The minimum absolute atomic E-state index is 0.159. The third-order valence-electron chi connectivity index (χ3n) is 5.16. The predicted molar refractivity (Wildman–Crippen MR) is 119 cm³/mol. The van der Waals surface area contributed by atoms with Gasteiger partial charge >= 0.3 is 6.09 Å². The molecule has 1 aliphatic rings. The minimum atomic E-state index is -0.700. The summed E-state index contributed by atoms with van der Waals surface area (Å²) in [6.07, 6.45) is 0.645. The molecule has 0 radical (unpaired) electrons.